The van der Waals surface area contributed by atoms with Crippen LogP contribution >= 0.6 is 11.6 Å². The van der Waals surface area contributed by atoms with E-state index in [0.29, 0.717) is 23.2 Å². The molecule has 0 unspecified atom stereocenters. The van der Waals surface area contributed by atoms with E-state index in [1.807, 2.05) is 20.8 Å². The van der Waals surface area contributed by atoms with Crippen LogP contribution in [0.15, 0.2) is 6.58 Å². The van der Waals surface area contributed by atoms with E-state index in [1.54, 1.807) is 0 Å². The predicted octanol–water partition coefficient (Wildman–Crippen LogP) is 2.75. The van der Waals surface area contributed by atoms with Gasteiger partial charge in [-0.05, 0) is 20.8 Å². The van der Waals surface area contributed by atoms with Gasteiger partial charge in [-0.3, -0.25) is 0 Å². The van der Waals surface area contributed by atoms with E-state index >= 15 is 0 Å². The minimum atomic E-state index is 0.339. The second-order valence-electron chi connectivity index (χ2n) is 2.89. The summed E-state index contributed by atoms with van der Waals surface area (Å²) in [4.78, 5) is 8.41. The Hall–Kier alpha value is -1.09. The van der Waals surface area contributed by atoms with Crippen LogP contribution in [0.1, 0.15) is 24.0 Å². The number of rotatable bonds is 3. The third-order valence-corrected chi connectivity index (χ3v) is 2.11. The maximum absolute atomic E-state index is 5.92. The fourth-order valence-electron chi connectivity index (χ4n) is 0.996. The highest BCUT2D eigenvalue weighted by Gasteiger charge is 2.10. The fraction of sp³-hybridized carbons (Fsp3) is 0.400. The predicted molar refractivity (Wildman–Crippen MR) is 57.2 cm³/mol. The third-order valence-electron chi connectivity index (χ3n) is 1.85. The van der Waals surface area contributed by atoms with Crippen LogP contribution in [0.25, 0.3) is 5.76 Å². The molecule has 0 aliphatic carbocycles. The topological polar surface area (TPSA) is 35.0 Å². The number of halogens is 1. The van der Waals surface area contributed by atoms with Gasteiger partial charge in [0.2, 0.25) is 0 Å². The quantitative estimate of drug-likeness (QED) is 0.723. The molecule has 0 bridgehead atoms. The molecule has 0 amide bonds. The molecule has 0 saturated carbocycles. The molecular formula is C10H13ClN2O. The zero-order valence-electron chi connectivity index (χ0n) is 8.59. The highest BCUT2D eigenvalue weighted by molar-refractivity contribution is 6.30. The van der Waals surface area contributed by atoms with Crippen molar-refractivity contribution in [1.29, 1.82) is 0 Å². The van der Waals surface area contributed by atoms with Gasteiger partial charge in [-0.1, -0.05) is 18.2 Å². The Morgan fingerprint density at radius 3 is 2.50 bits per heavy atom. The molecule has 1 heterocycles. The van der Waals surface area contributed by atoms with E-state index in [-0.39, 0.29) is 0 Å². The first kappa shape index (κ1) is 11.0. The van der Waals surface area contributed by atoms with Crippen molar-refractivity contribution in [1.82, 2.24) is 9.97 Å². The number of aromatic nitrogens is 2. The molecule has 3 nitrogen and oxygen atoms in total. The minimum absolute atomic E-state index is 0.339. The summed E-state index contributed by atoms with van der Waals surface area (Å²) in [7, 11) is 0. The Morgan fingerprint density at radius 1 is 1.36 bits per heavy atom. The lowest BCUT2D eigenvalue weighted by Gasteiger charge is -2.09. The summed E-state index contributed by atoms with van der Waals surface area (Å²) < 4.78 is 5.22. The monoisotopic (exact) mass is 212 g/mol. The summed E-state index contributed by atoms with van der Waals surface area (Å²) in [5.74, 6) is 0.466. The smallest absolute Gasteiger partial charge is 0.158 e. The van der Waals surface area contributed by atoms with Gasteiger partial charge in [-0.25, -0.2) is 9.97 Å². The van der Waals surface area contributed by atoms with Crippen molar-refractivity contribution < 1.29 is 4.74 Å². The lowest BCUT2D eigenvalue weighted by atomic mass is 10.3. The van der Waals surface area contributed by atoms with E-state index in [1.165, 1.54) is 0 Å². The van der Waals surface area contributed by atoms with Crippen molar-refractivity contribution in [3.63, 3.8) is 0 Å². The molecular weight excluding hydrogens is 200 g/mol. The molecule has 0 N–H and O–H groups in total. The Labute approximate surface area is 88.8 Å². The average molecular weight is 213 g/mol. The number of ether oxygens (including phenoxy) is 1. The molecule has 0 aliphatic heterocycles. The molecule has 0 aromatic carbocycles. The van der Waals surface area contributed by atoms with Crippen molar-refractivity contribution in [3.8, 4) is 0 Å². The summed E-state index contributed by atoms with van der Waals surface area (Å²) in [6.07, 6.45) is 0. The van der Waals surface area contributed by atoms with Gasteiger partial charge in [-0.15, -0.1) is 0 Å². The number of aryl methyl sites for hydroxylation is 2. The maximum atomic E-state index is 5.92. The first-order valence-corrected chi connectivity index (χ1v) is 4.76. The van der Waals surface area contributed by atoms with Crippen LogP contribution in [0.4, 0.5) is 0 Å². The second kappa shape index (κ2) is 4.42. The Kier molecular flexibility index (Phi) is 3.47. The maximum Gasteiger partial charge on any atom is 0.158 e. The third kappa shape index (κ3) is 2.23. The van der Waals surface area contributed by atoms with E-state index < -0.39 is 0 Å². The van der Waals surface area contributed by atoms with Crippen LogP contribution in [0.2, 0.25) is 5.15 Å². The van der Waals surface area contributed by atoms with Gasteiger partial charge in [-0.2, -0.15) is 0 Å². The van der Waals surface area contributed by atoms with E-state index in [9.17, 15) is 0 Å². The summed E-state index contributed by atoms with van der Waals surface area (Å²) in [6.45, 7) is 9.90. The highest BCUT2D eigenvalue weighted by Crippen LogP contribution is 2.20. The number of hydrogen-bond acceptors (Lipinski definition) is 3. The molecule has 4 heteroatoms. The highest BCUT2D eigenvalue weighted by atomic mass is 35.5. The van der Waals surface area contributed by atoms with Gasteiger partial charge in [0.15, 0.2) is 5.15 Å². The van der Waals surface area contributed by atoms with E-state index in [4.69, 9.17) is 16.3 Å². The van der Waals surface area contributed by atoms with Crippen molar-refractivity contribution in [2.75, 3.05) is 6.61 Å². The van der Waals surface area contributed by atoms with Gasteiger partial charge < -0.3 is 4.74 Å². The molecule has 14 heavy (non-hydrogen) atoms. The molecule has 1 aromatic heterocycles. The summed E-state index contributed by atoms with van der Waals surface area (Å²) in [5, 5.41) is 0.339. The molecule has 0 radical (unpaired) electrons. The minimum Gasteiger partial charge on any atom is -0.492 e. The van der Waals surface area contributed by atoms with Crippen LogP contribution in [-0.2, 0) is 4.74 Å². The van der Waals surface area contributed by atoms with Gasteiger partial charge >= 0.3 is 0 Å². The van der Waals surface area contributed by atoms with Crippen molar-refractivity contribution in [2.24, 2.45) is 0 Å². The molecule has 76 valence electrons. The zero-order valence-corrected chi connectivity index (χ0v) is 9.35. The van der Waals surface area contributed by atoms with Gasteiger partial charge in [0.1, 0.15) is 11.5 Å². The largest absolute Gasteiger partial charge is 0.492 e. The normalized spacial score (nSPS) is 10.0. The van der Waals surface area contributed by atoms with E-state index in [2.05, 4.69) is 16.5 Å². The SMILES string of the molecule is C=C(OCC)c1nc(C)c(C)nc1Cl. The van der Waals surface area contributed by atoms with Crippen LogP contribution in [0.5, 0.6) is 0 Å². The molecule has 1 rings (SSSR count). The Balaban J connectivity index is 3.09. The Morgan fingerprint density at radius 2 is 1.93 bits per heavy atom. The fourth-order valence-corrected chi connectivity index (χ4v) is 1.27. The van der Waals surface area contributed by atoms with Crippen LogP contribution < -0.4 is 0 Å². The first-order chi connectivity index (χ1) is 6.56. The molecule has 0 spiro atoms. The van der Waals surface area contributed by atoms with Crippen LogP contribution in [-0.4, -0.2) is 16.6 Å². The zero-order chi connectivity index (χ0) is 10.7. The van der Waals surface area contributed by atoms with Gasteiger partial charge in [0.25, 0.3) is 0 Å². The molecule has 0 atom stereocenters. The van der Waals surface area contributed by atoms with Crippen molar-refractivity contribution in [3.05, 3.63) is 28.8 Å². The molecule has 0 aliphatic rings. The molecule has 0 saturated heterocycles. The van der Waals surface area contributed by atoms with Gasteiger partial charge in [0, 0.05) is 0 Å². The number of hydrogen-bond donors (Lipinski definition) is 0. The lowest BCUT2D eigenvalue weighted by Crippen LogP contribution is -2.01. The Bertz CT molecular complexity index is 363. The van der Waals surface area contributed by atoms with Crippen molar-refractivity contribution in [2.45, 2.75) is 20.8 Å². The molecule has 1 aromatic rings. The summed E-state index contributed by atoms with van der Waals surface area (Å²) in [5.41, 5.74) is 2.19. The first-order valence-electron chi connectivity index (χ1n) is 4.39. The summed E-state index contributed by atoms with van der Waals surface area (Å²) >= 11 is 5.92. The van der Waals surface area contributed by atoms with Crippen LogP contribution in [0.3, 0.4) is 0 Å². The van der Waals surface area contributed by atoms with Crippen LogP contribution in [0, 0.1) is 13.8 Å². The number of nitrogens with zero attached hydrogens (tertiary/aromatic N) is 2. The molecule has 0 fully saturated rings. The second-order valence-corrected chi connectivity index (χ2v) is 3.25. The van der Waals surface area contributed by atoms with Gasteiger partial charge in [0.05, 0.1) is 18.0 Å². The lowest BCUT2D eigenvalue weighted by molar-refractivity contribution is 0.297. The van der Waals surface area contributed by atoms with E-state index in [0.717, 1.165) is 11.4 Å². The summed E-state index contributed by atoms with van der Waals surface area (Å²) in [6, 6.07) is 0. The average Bonchev–Trinajstić information content (AvgIpc) is 2.11. The van der Waals surface area contributed by atoms with Crippen molar-refractivity contribution >= 4 is 17.4 Å². The standard InChI is InChI=1S/C10H13ClN2O/c1-5-14-8(4)9-10(11)13-7(3)6(2)12-9/h4-5H2,1-3H3.